The summed E-state index contributed by atoms with van der Waals surface area (Å²) in [7, 11) is 1.97. The number of rotatable bonds is 5. The molecule has 0 aliphatic rings. The van der Waals surface area contributed by atoms with Gasteiger partial charge in [0.25, 0.3) is 0 Å². The molecular formula is C13H18N4S. The molecule has 18 heavy (non-hydrogen) atoms. The SMILES string of the molecule is CCNc1ccnc(CSc2cc(C)nn2C)c1. The molecule has 4 nitrogen and oxygen atoms in total. The van der Waals surface area contributed by atoms with Gasteiger partial charge in [0.2, 0.25) is 0 Å². The number of aryl methyl sites for hydroxylation is 2. The van der Waals surface area contributed by atoms with E-state index in [0.717, 1.165) is 29.4 Å². The molecule has 96 valence electrons. The van der Waals surface area contributed by atoms with Gasteiger partial charge in [-0.05, 0) is 32.0 Å². The van der Waals surface area contributed by atoms with Crippen LogP contribution in [0.4, 0.5) is 5.69 Å². The summed E-state index contributed by atoms with van der Waals surface area (Å²) in [6.45, 7) is 5.03. The predicted molar refractivity (Wildman–Crippen MR) is 75.9 cm³/mol. The fourth-order valence-corrected chi connectivity index (χ4v) is 2.68. The molecule has 0 bridgehead atoms. The summed E-state index contributed by atoms with van der Waals surface area (Å²) in [5.74, 6) is 0.859. The molecule has 0 saturated heterocycles. The minimum Gasteiger partial charge on any atom is -0.385 e. The zero-order valence-corrected chi connectivity index (χ0v) is 11.8. The van der Waals surface area contributed by atoms with Gasteiger partial charge in [0.1, 0.15) is 0 Å². The Morgan fingerprint density at radius 3 is 2.89 bits per heavy atom. The molecule has 0 aliphatic carbocycles. The first kappa shape index (κ1) is 13.0. The first-order chi connectivity index (χ1) is 8.69. The van der Waals surface area contributed by atoms with Crippen LogP contribution in [0.25, 0.3) is 0 Å². The Bertz CT molecular complexity index is 521. The number of nitrogens with zero attached hydrogens (tertiary/aromatic N) is 3. The van der Waals surface area contributed by atoms with Crippen LogP contribution < -0.4 is 5.32 Å². The number of hydrogen-bond acceptors (Lipinski definition) is 4. The minimum absolute atomic E-state index is 0.859. The van der Waals surface area contributed by atoms with Crippen LogP contribution in [0.15, 0.2) is 29.4 Å². The fourth-order valence-electron chi connectivity index (χ4n) is 1.74. The summed E-state index contributed by atoms with van der Waals surface area (Å²) in [5, 5.41) is 8.80. The molecule has 0 fully saturated rings. The Hall–Kier alpha value is -1.49. The average Bonchev–Trinajstić information content (AvgIpc) is 2.66. The van der Waals surface area contributed by atoms with Crippen LogP contribution in [0.1, 0.15) is 18.3 Å². The lowest BCUT2D eigenvalue weighted by Gasteiger charge is -2.05. The highest BCUT2D eigenvalue weighted by atomic mass is 32.2. The van der Waals surface area contributed by atoms with Gasteiger partial charge in [0.05, 0.1) is 16.4 Å². The molecule has 2 aromatic heterocycles. The number of nitrogens with one attached hydrogen (secondary N) is 1. The van der Waals surface area contributed by atoms with Crippen LogP contribution in [0.5, 0.6) is 0 Å². The van der Waals surface area contributed by atoms with Crippen LogP contribution in [-0.2, 0) is 12.8 Å². The third-order valence-electron chi connectivity index (χ3n) is 2.52. The van der Waals surface area contributed by atoms with E-state index in [1.54, 1.807) is 11.8 Å². The average molecular weight is 262 g/mol. The normalized spacial score (nSPS) is 10.6. The molecule has 5 heteroatoms. The molecule has 2 rings (SSSR count). The van der Waals surface area contributed by atoms with Crippen molar-refractivity contribution in [1.29, 1.82) is 0 Å². The van der Waals surface area contributed by atoms with Gasteiger partial charge >= 0.3 is 0 Å². The van der Waals surface area contributed by atoms with Gasteiger partial charge in [-0.25, -0.2) is 0 Å². The third-order valence-corrected chi connectivity index (χ3v) is 3.64. The highest BCUT2D eigenvalue weighted by Crippen LogP contribution is 2.23. The lowest BCUT2D eigenvalue weighted by molar-refractivity contribution is 0.692. The van der Waals surface area contributed by atoms with Crippen molar-refractivity contribution >= 4 is 17.4 Å². The topological polar surface area (TPSA) is 42.7 Å². The van der Waals surface area contributed by atoms with Gasteiger partial charge in [-0.2, -0.15) is 5.10 Å². The Labute approximate surface area is 112 Å². The molecule has 0 unspecified atom stereocenters. The molecule has 1 N–H and O–H groups in total. The summed E-state index contributed by atoms with van der Waals surface area (Å²) in [6, 6.07) is 6.18. The van der Waals surface area contributed by atoms with Gasteiger partial charge < -0.3 is 5.32 Å². The van der Waals surface area contributed by atoms with E-state index in [9.17, 15) is 0 Å². The fraction of sp³-hybridized carbons (Fsp3) is 0.385. The van der Waals surface area contributed by atoms with E-state index < -0.39 is 0 Å². The standard InChI is InChI=1S/C13H18N4S/c1-4-14-11-5-6-15-12(8-11)9-18-13-7-10(2)16-17(13)3/h5-8H,4,9H2,1-3H3,(H,14,15). The summed E-state index contributed by atoms with van der Waals surface area (Å²) < 4.78 is 1.91. The van der Waals surface area contributed by atoms with Gasteiger partial charge in [0.15, 0.2) is 0 Å². The van der Waals surface area contributed by atoms with E-state index in [4.69, 9.17) is 0 Å². The number of thioether (sulfide) groups is 1. The van der Waals surface area contributed by atoms with Crippen LogP contribution in [0.3, 0.4) is 0 Å². The molecule has 0 aromatic carbocycles. The Morgan fingerprint density at radius 2 is 2.22 bits per heavy atom. The highest BCUT2D eigenvalue weighted by molar-refractivity contribution is 7.98. The first-order valence-corrected chi connectivity index (χ1v) is 7.00. The third kappa shape index (κ3) is 3.26. The Kier molecular flexibility index (Phi) is 4.25. The van der Waals surface area contributed by atoms with E-state index in [2.05, 4.69) is 34.5 Å². The molecule has 0 spiro atoms. The summed E-state index contributed by atoms with van der Waals surface area (Å²) in [6.07, 6.45) is 1.85. The van der Waals surface area contributed by atoms with Crippen LogP contribution in [-0.4, -0.2) is 21.3 Å². The van der Waals surface area contributed by atoms with Crippen molar-refractivity contribution in [1.82, 2.24) is 14.8 Å². The number of anilines is 1. The van der Waals surface area contributed by atoms with E-state index >= 15 is 0 Å². The molecule has 2 aromatic rings. The van der Waals surface area contributed by atoms with Gasteiger partial charge in [-0.3, -0.25) is 9.67 Å². The maximum absolute atomic E-state index is 4.38. The lowest BCUT2D eigenvalue weighted by atomic mass is 10.3. The largest absolute Gasteiger partial charge is 0.385 e. The number of aromatic nitrogens is 3. The smallest absolute Gasteiger partial charge is 0.0943 e. The van der Waals surface area contributed by atoms with E-state index in [0.29, 0.717) is 0 Å². The Balaban J connectivity index is 2.01. The second-order valence-electron chi connectivity index (χ2n) is 4.10. The lowest BCUT2D eigenvalue weighted by Crippen LogP contribution is -1.98. The molecule has 2 heterocycles. The van der Waals surface area contributed by atoms with Crippen molar-refractivity contribution in [2.75, 3.05) is 11.9 Å². The first-order valence-electron chi connectivity index (χ1n) is 6.01. The summed E-state index contributed by atoms with van der Waals surface area (Å²) >= 11 is 1.76. The second kappa shape index (κ2) is 5.91. The zero-order chi connectivity index (χ0) is 13.0. The molecule has 0 atom stereocenters. The molecular weight excluding hydrogens is 244 g/mol. The van der Waals surface area contributed by atoms with E-state index in [1.807, 2.05) is 30.9 Å². The number of hydrogen-bond donors (Lipinski definition) is 1. The van der Waals surface area contributed by atoms with Crippen LogP contribution in [0.2, 0.25) is 0 Å². The number of pyridine rings is 1. The molecule has 0 saturated carbocycles. The van der Waals surface area contributed by atoms with Gasteiger partial charge in [0, 0.05) is 31.2 Å². The van der Waals surface area contributed by atoms with Crippen molar-refractivity contribution < 1.29 is 0 Å². The van der Waals surface area contributed by atoms with Crippen molar-refractivity contribution in [3.8, 4) is 0 Å². The van der Waals surface area contributed by atoms with Crippen molar-refractivity contribution in [3.63, 3.8) is 0 Å². The molecule has 0 radical (unpaired) electrons. The Morgan fingerprint density at radius 1 is 1.39 bits per heavy atom. The van der Waals surface area contributed by atoms with E-state index in [-0.39, 0.29) is 0 Å². The molecule has 0 amide bonds. The van der Waals surface area contributed by atoms with Gasteiger partial charge in [-0.1, -0.05) is 0 Å². The van der Waals surface area contributed by atoms with Crippen LogP contribution >= 0.6 is 11.8 Å². The maximum Gasteiger partial charge on any atom is 0.0943 e. The van der Waals surface area contributed by atoms with Gasteiger partial charge in [-0.15, -0.1) is 11.8 Å². The molecule has 0 aliphatic heterocycles. The van der Waals surface area contributed by atoms with Crippen LogP contribution in [0, 0.1) is 6.92 Å². The maximum atomic E-state index is 4.38. The van der Waals surface area contributed by atoms with Crippen molar-refractivity contribution in [3.05, 3.63) is 35.8 Å². The summed E-state index contributed by atoms with van der Waals surface area (Å²) in [5.41, 5.74) is 3.26. The second-order valence-corrected chi connectivity index (χ2v) is 5.10. The van der Waals surface area contributed by atoms with E-state index in [1.165, 1.54) is 5.03 Å². The minimum atomic E-state index is 0.859. The predicted octanol–water partition coefficient (Wildman–Crippen LogP) is 2.85. The zero-order valence-electron chi connectivity index (χ0n) is 11.0. The monoisotopic (exact) mass is 262 g/mol. The summed E-state index contributed by atoms with van der Waals surface area (Å²) in [4.78, 5) is 4.38. The van der Waals surface area contributed by atoms with Crippen molar-refractivity contribution in [2.45, 2.75) is 24.6 Å². The van der Waals surface area contributed by atoms with Crippen molar-refractivity contribution in [2.24, 2.45) is 7.05 Å². The highest BCUT2D eigenvalue weighted by Gasteiger charge is 2.04. The quantitative estimate of drug-likeness (QED) is 0.841.